The molecule has 0 heterocycles. The van der Waals surface area contributed by atoms with Crippen molar-refractivity contribution in [3.8, 4) is 55.6 Å². The number of anilines is 3. The van der Waals surface area contributed by atoms with Gasteiger partial charge in [-0.3, -0.25) is 0 Å². The van der Waals surface area contributed by atoms with Crippen LogP contribution in [-0.4, -0.2) is 0 Å². The van der Waals surface area contributed by atoms with Crippen LogP contribution in [0.3, 0.4) is 0 Å². The van der Waals surface area contributed by atoms with Crippen molar-refractivity contribution in [3.05, 3.63) is 247 Å². The maximum absolute atomic E-state index is 2.48. The first kappa shape index (κ1) is 32.2. The summed E-state index contributed by atoms with van der Waals surface area (Å²) in [7, 11) is 0. The molecular formula is C55H37N. The van der Waals surface area contributed by atoms with Crippen LogP contribution in [0.2, 0.25) is 0 Å². The van der Waals surface area contributed by atoms with Crippen LogP contribution in [0.25, 0.3) is 55.6 Å². The minimum absolute atomic E-state index is 0.391. The molecule has 2 aliphatic carbocycles. The predicted molar refractivity (Wildman–Crippen MR) is 234 cm³/mol. The Morgan fingerprint density at radius 1 is 0.250 bits per heavy atom. The summed E-state index contributed by atoms with van der Waals surface area (Å²) >= 11 is 0. The Hall–Kier alpha value is -7.22. The molecule has 0 aliphatic heterocycles. The highest BCUT2D eigenvalue weighted by molar-refractivity contribution is 5.98. The third-order valence-electron chi connectivity index (χ3n) is 11.9. The number of para-hydroxylation sites is 1. The molecule has 0 fully saturated rings. The summed E-state index contributed by atoms with van der Waals surface area (Å²) in [5, 5.41) is 0. The van der Waals surface area contributed by atoms with Gasteiger partial charge in [-0.15, -0.1) is 0 Å². The Kier molecular flexibility index (Phi) is 7.47. The van der Waals surface area contributed by atoms with E-state index in [2.05, 4.69) is 229 Å². The first-order valence-corrected chi connectivity index (χ1v) is 19.4. The summed E-state index contributed by atoms with van der Waals surface area (Å²) in [4.78, 5) is 2.48. The second-order valence-electron chi connectivity index (χ2n) is 14.8. The molecule has 9 aromatic carbocycles. The van der Waals surface area contributed by atoms with Gasteiger partial charge in [-0.2, -0.15) is 0 Å². The van der Waals surface area contributed by atoms with Gasteiger partial charge in [0, 0.05) is 16.9 Å². The molecule has 0 aromatic heterocycles. The highest BCUT2D eigenvalue weighted by atomic mass is 15.1. The predicted octanol–water partition coefficient (Wildman–Crippen LogP) is 14.5. The van der Waals surface area contributed by atoms with Crippen molar-refractivity contribution in [1.82, 2.24) is 0 Å². The molecule has 0 radical (unpaired) electrons. The summed E-state index contributed by atoms with van der Waals surface area (Å²) in [6.45, 7) is 0. The topological polar surface area (TPSA) is 3.24 Å². The zero-order chi connectivity index (χ0) is 37.1. The summed E-state index contributed by atoms with van der Waals surface area (Å²) in [5.41, 5.74) is 20.6. The quantitative estimate of drug-likeness (QED) is 0.166. The Morgan fingerprint density at radius 3 is 1.20 bits per heavy atom. The zero-order valence-electron chi connectivity index (χ0n) is 30.8. The van der Waals surface area contributed by atoms with Crippen molar-refractivity contribution in [2.75, 3.05) is 4.90 Å². The number of rotatable bonds is 6. The molecule has 9 aromatic rings. The van der Waals surface area contributed by atoms with Crippen LogP contribution in [0.4, 0.5) is 17.1 Å². The van der Waals surface area contributed by atoms with E-state index < -0.39 is 5.41 Å². The molecule has 56 heavy (non-hydrogen) atoms. The first-order valence-electron chi connectivity index (χ1n) is 19.4. The van der Waals surface area contributed by atoms with Crippen LogP contribution in [0.15, 0.2) is 224 Å². The van der Waals surface area contributed by atoms with Crippen LogP contribution in [0.1, 0.15) is 22.3 Å². The van der Waals surface area contributed by atoms with E-state index in [9.17, 15) is 0 Å². The summed E-state index contributed by atoms with van der Waals surface area (Å²) in [6, 6.07) is 82.5. The molecule has 0 unspecified atom stereocenters. The summed E-state index contributed by atoms with van der Waals surface area (Å²) < 4.78 is 0. The van der Waals surface area contributed by atoms with Gasteiger partial charge in [0.1, 0.15) is 0 Å². The summed E-state index contributed by atoms with van der Waals surface area (Å²) in [5.74, 6) is 0. The molecule has 0 N–H and O–H groups in total. The molecule has 262 valence electrons. The first-order chi connectivity index (χ1) is 27.8. The molecule has 1 nitrogen and oxygen atoms in total. The molecule has 0 atom stereocenters. The van der Waals surface area contributed by atoms with Crippen LogP contribution in [-0.2, 0) is 5.41 Å². The molecule has 0 saturated carbocycles. The van der Waals surface area contributed by atoms with E-state index in [4.69, 9.17) is 0 Å². The average Bonchev–Trinajstić information content (AvgIpc) is 3.75. The molecule has 1 heteroatoms. The summed E-state index contributed by atoms with van der Waals surface area (Å²) in [6.07, 6.45) is 0. The van der Waals surface area contributed by atoms with Crippen LogP contribution >= 0.6 is 0 Å². The maximum atomic E-state index is 2.48. The van der Waals surface area contributed by atoms with Gasteiger partial charge in [0.05, 0.1) is 11.1 Å². The minimum Gasteiger partial charge on any atom is -0.310 e. The van der Waals surface area contributed by atoms with Gasteiger partial charge in [0.2, 0.25) is 0 Å². The molecule has 0 amide bonds. The Labute approximate surface area is 328 Å². The van der Waals surface area contributed by atoms with Gasteiger partial charge in [0.15, 0.2) is 0 Å². The number of fused-ring (bicyclic) bond motifs is 10. The smallest absolute Gasteiger partial charge is 0.0725 e. The highest BCUT2D eigenvalue weighted by Crippen LogP contribution is 2.63. The van der Waals surface area contributed by atoms with Gasteiger partial charge in [-0.25, -0.2) is 0 Å². The second kappa shape index (κ2) is 13.0. The van der Waals surface area contributed by atoms with Gasteiger partial charge in [-0.05, 0) is 109 Å². The lowest BCUT2D eigenvalue weighted by molar-refractivity contribution is 0.794. The van der Waals surface area contributed by atoms with Crippen molar-refractivity contribution in [1.29, 1.82) is 0 Å². The van der Waals surface area contributed by atoms with Crippen molar-refractivity contribution < 1.29 is 0 Å². The van der Waals surface area contributed by atoms with E-state index in [1.165, 1.54) is 77.9 Å². The molecule has 1 spiro atoms. The lowest BCUT2D eigenvalue weighted by atomic mass is 9.70. The Balaban J connectivity index is 1.20. The second-order valence-corrected chi connectivity index (χ2v) is 14.8. The SMILES string of the molecule is c1ccc(-c2cc(-c3ccccc3)cc(N(c3ccc4c(c3)-c3ccccc3C43c4ccccc4-c4ccccc43)c3ccccc3-c3ccccc3)c2)cc1. The normalized spacial score (nSPS) is 12.8. The standard InChI is InChI=1S/C55H37N/c1-4-18-38(19-5-1)41-34-42(39-20-6-2-7-21-39)36-44(35-41)56(54-31-17-13-24-45(54)40-22-8-3-9-23-40)43-32-33-53-49(37-43)48-27-12-16-30-52(48)55(53)50-28-14-10-25-46(50)47-26-11-15-29-51(47)55/h1-37H. The van der Waals surface area contributed by atoms with Gasteiger partial charge >= 0.3 is 0 Å². The van der Waals surface area contributed by atoms with E-state index in [0.717, 1.165) is 17.1 Å². The number of benzene rings is 9. The van der Waals surface area contributed by atoms with E-state index >= 15 is 0 Å². The molecule has 0 saturated heterocycles. The average molecular weight is 712 g/mol. The number of hydrogen-bond donors (Lipinski definition) is 0. The lowest BCUT2D eigenvalue weighted by Crippen LogP contribution is -2.25. The molecule has 2 aliphatic rings. The van der Waals surface area contributed by atoms with Gasteiger partial charge in [-0.1, -0.05) is 188 Å². The van der Waals surface area contributed by atoms with Crippen LogP contribution in [0, 0.1) is 0 Å². The van der Waals surface area contributed by atoms with Crippen molar-refractivity contribution >= 4 is 17.1 Å². The Morgan fingerprint density at radius 2 is 0.661 bits per heavy atom. The van der Waals surface area contributed by atoms with Crippen molar-refractivity contribution in [2.45, 2.75) is 5.41 Å². The van der Waals surface area contributed by atoms with Crippen LogP contribution in [0.5, 0.6) is 0 Å². The number of hydrogen-bond acceptors (Lipinski definition) is 1. The minimum atomic E-state index is -0.391. The Bertz CT molecular complexity index is 2810. The molecule has 0 bridgehead atoms. The van der Waals surface area contributed by atoms with E-state index in [-0.39, 0.29) is 0 Å². The molecule has 11 rings (SSSR count). The van der Waals surface area contributed by atoms with Gasteiger partial charge < -0.3 is 4.90 Å². The van der Waals surface area contributed by atoms with Crippen molar-refractivity contribution in [3.63, 3.8) is 0 Å². The lowest BCUT2D eigenvalue weighted by Gasteiger charge is -2.32. The van der Waals surface area contributed by atoms with Gasteiger partial charge in [0.25, 0.3) is 0 Å². The largest absolute Gasteiger partial charge is 0.310 e. The fourth-order valence-corrected chi connectivity index (χ4v) is 9.52. The van der Waals surface area contributed by atoms with E-state index in [0.29, 0.717) is 0 Å². The van der Waals surface area contributed by atoms with Crippen LogP contribution < -0.4 is 4.90 Å². The third-order valence-corrected chi connectivity index (χ3v) is 11.9. The van der Waals surface area contributed by atoms with E-state index in [1.54, 1.807) is 0 Å². The fourth-order valence-electron chi connectivity index (χ4n) is 9.52. The zero-order valence-corrected chi connectivity index (χ0v) is 30.8. The highest BCUT2D eigenvalue weighted by Gasteiger charge is 2.51. The van der Waals surface area contributed by atoms with E-state index in [1.807, 2.05) is 0 Å². The van der Waals surface area contributed by atoms with Crippen molar-refractivity contribution in [2.24, 2.45) is 0 Å². The number of nitrogens with zero attached hydrogens (tertiary/aromatic N) is 1. The maximum Gasteiger partial charge on any atom is 0.0725 e. The third kappa shape index (κ3) is 4.88. The fraction of sp³-hybridized carbons (Fsp3) is 0.0182. The monoisotopic (exact) mass is 711 g/mol. The molecular weight excluding hydrogens is 675 g/mol.